The summed E-state index contributed by atoms with van der Waals surface area (Å²) in [5.74, 6) is -0.255. The molecule has 0 unspecified atom stereocenters. The summed E-state index contributed by atoms with van der Waals surface area (Å²) in [6.07, 6.45) is 0.740. The Hall–Kier alpha value is -3.24. The van der Waals surface area contributed by atoms with E-state index < -0.39 is 14.9 Å². The molecule has 0 bridgehead atoms. The predicted octanol–water partition coefficient (Wildman–Crippen LogP) is 3.74. The van der Waals surface area contributed by atoms with Crippen LogP contribution in [0.2, 0.25) is 0 Å². The van der Waals surface area contributed by atoms with E-state index in [1.165, 1.54) is 48.2 Å². The second kappa shape index (κ2) is 9.06. The molecule has 3 aromatic rings. The average Bonchev–Trinajstić information content (AvgIpc) is 3.21. The quantitative estimate of drug-likeness (QED) is 0.404. The Morgan fingerprint density at radius 2 is 1.87 bits per heavy atom. The number of hydrogen-bond acceptors (Lipinski definition) is 6. The van der Waals surface area contributed by atoms with E-state index in [4.69, 9.17) is 0 Å². The maximum Gasteiger partial charge on any atom is 0.273 e. The average molecular weight is 446 g/mol. The lowest BCUT2D eigenvalue weighted by molar-refractivity contribution is -0.385. The third-order valence-corrected chi connectivity index (χ3v) is 6.64. The summed E-state index contributed by atoms with van der Waals surface area (Å²) in [5, 5.41) is 15.9. The molecule has 0 aliphatic rings. The first-order chi connectivity index (χ1) is 14.3. The van der Waals surface area contributed by atoms with E-state index in [9.17, 15) is 23.3 Å². The number of carbonyl (C=O) groups is 1. The van der Waals surface area contributed by atoms with Crippen LogP contribution in [-0.4, -0.2) is 25.8 Å². The number of amides is 1. The van der Waals surface area contributed by atoms with Gasteiger partial charge in [0.05, 0.1) is 9.82 Å². The molecule has 1 aromatic heterocycles. The molecule has 2 N–H and O–H groups in total. The number of carbonyl (C=O) groups excluding carboxylic acids is 1. The van der Waals surface area contributed by atoms with Gasteiger partial charge in [0, 0.05) is 34.3 Å². The first-order valence-electron chi connectivity index (χ1n) is 8.95. The largest absolute Gasteiger partial charge is 0.352 e. The molecule has 30 heavy (non-hydrogen) atoms. The van der Waals surface area contributed by atoms with E-state index in [2.05, 4.69) is 10.0 Å². The zero-order valence-corrected chi connectivity index (χ0v) is 17.6. The molecule has 2 aromatic carbocycles. The van der Waals surface area contributed by atoms with Gasteiger partial charge in [-0.3, -0.25) is 19.6 Å². The maximum atomic E-state index is 12.5. The lowest BCUT2D eigenvalue weighted by atomic mass is 10.2. The zero-order chi connectivity index (χ0) is 21.7. The predicted molar refractivity (Wildman–Crippen MR) is 115 cm³/mol. The van der Waals surface area contributed by atoms with Crippen LogP contribution >= 0.6 is 11.3 Å². The summed E-state index contributed by atoms with van der Waals surface area (Å²) in [6, 6.07) is 13.6. The Bertz CT molecular complexity index is 1160. The molecule has 1 heterocycles. The number of nitro benzene ring substituents is 1. The SMILES string of the molecule is Cc1ccc(S(=O)(=O)Nc2ccc(C(=O)NCCc3cccs3)cc2)cc1[N+](=O)[O-]. The van der Waals surface area contributed by atoms with Crippen molar-refractivity contribution in [3.8, 4) is 0 Å². The van der Waals surface area contributed by atoms with E-state index in [0.717, 1.165) is 12.5 Å². The fourth-order valence-corrected chi connectivity index (χ4v) is 4.50. The van der Waals surface area contributed by atoms with E-state index in [1.54, 1.807) is 11.3 Å². The number of nitro groups is 1. The third kappa shape index (κ3) is 5.22. The summed E-state index contributed by atoms with van der Waals surface area (Å²) in [4.78, 5) is 23.6. The lowest BCUT2D eigenvalue weighted by Crippen LogP contribution is -2.25. The molecule has 0 aliphatic carbocycles. The summed E-state index contributed by atoms with van der Waals surface area (Å²) >= 11 is 1.63. The number of nitrogens with one attached hydrogen (secondary N) is 2. The topological polar surface area (TPSA) is 118 Å². The van der Waals surface area contributed by atoms with Crippen LogP contribution in [0, 0.1) is 17.0 Å². The standard InChI is InChI=1S/C20H19N3O5S2/c1-14-4-9-18(13-19(14)23(25)26)30(27,28)22-16-7-5-15(6-8-16)20(24)21-11-10-17-3-2-12-29-17/h2-9,12-13,22H,10-11H2,1H3,(H,21,24). The summed E-state index contributed by atoms with van der Waals surface area (Å²) in [5.41, 5.74) is 0.740. The van der Waals surface area contributed by atoms with Crippen LogP contribution in [0.4, 0.5) is 11.4 Å². The summed E-state index contributed by atoms with van der Waals surface area (Å²) in [7, 11) is -4.01. The number of sulfonamides is 1. The molecule has 3 rings (SSSR count). The van der Waals surface area contributed by atoms with Crippen molar-refractivity contribution < 1.29 is 18.1 Å². The summed E-state index contributed by atoms with van der Waals surface area (Å²) in [6.45, 7) is 2.03. The van der Waals surface area contributed by atoms with Gasteiger partial charge >= 0.3 is 0 Å². The molecule has 10 heteroatoms. The van der Waals surface area contributed by atoms with Crippen molar-refractivity contribution in [1.29, 1.82) is 0 Å². The Morgan fingerprint density at radius 3 is 2.50 bits per heavy atom. The number of rotatable bonds is 8. The van der Waals surface area contributed by atoms with Gasteiger partial charge in [-0.1, -0.05) is 12.1 Å². The Kier molecular flexibility index (Phi) is 6.48. The molecule has 156 valence electrons. The van der Waals surface area contributed by atoms with Gasteiger partial charge < -0.3 is 5.32 Å². The number of nitrogens with zero attached hydrogens (tertiary/aromatic N) is 1. The van der Waals surface area contributed by atoms with Gasteiger partial charge in [0.1, 0.15) is 0 Å². The van der Waals surface area contributed by atoms with Crippen LogP contribution < -0.4 is 10.0 Å². The van der Waals surface area contributed by atoms with Gasteiger partial charge in [-0.2, -0.15) is 0 Å². The van der Waals surface area contributed by atoms with Crippen molar-refractivity contribution in [1.82, 2.24) is 5.32 Å². The number of anilines is 1. The lowest BCUT2D eigenvalue weighted by Gasteiger charge is -2.10. The Morgan fingerprint density at radius 1 is 1.13 bits per heavy atom. The molecule has 0 atom stereocenters. The first kappa shape index (κ1) is 21.5. The minimum absolute atomic E-state index is 0.213. The van der Waals surface area contributed by atoms with Crippen molar-refractivity contribution in [3.63, 3.8) is 0 Å². The molecular weight excluding hydrogens is 426 g/mol. The van der Waals surface area contributed by atoms with Crippen molar-refractivity contribution in [2.24, 2.45) is 0 Å². The number of hydrogen-bond donors (Lipinski definition) is 2. The molecule has 0 fully saturated rings. The highest BCUT2D eigenvalue weighted by Gasteiger charge is 2.20. The first-order valence-corrected chi connectivity index (χ1v) is 11.3. The molecule has 0 saturated heterocycles. The highest BCUT2D eigenvalue weighted by atomic mass is 32.2. The molecule has 0 saturated carbocycles. The number of benzene rings is 2. The van der Waals surface area contributed by atoms with Gasteiger partial charge in [-0.15, -0.1) is 11.3 Å². The Labute approximate surface area is 177 Å². The molecule has 1 amide bonds. The zero-order valence-electron chi connectivity index (χ0n) is 16.0. The minimum atomic E-state index is -4.01. The minimum Gasteiger partial charge on any atom is -0.352 e. The van der Waals surface area contributed by atoms with Crippen molar-refractivity contribution in [3.05, 3.63) is 86.1 Å². The number of thiophene rings is 1. The van der Waals surface area contributed by atoms with E-state index in [1.807, 2.05) is 17.5 Å². The second-order valence-corrected chi connectivity index (χ2v) is 9.19. The van der Waals surface area contributed by atoms with Crippen molar-refractivity contribution >= 4 is 38.6 Å². The van der Waals surface area contributed by atoms with Crippen LogP contribution in [0.5, 0.6) is 0 Å². The maximum absolute atomic E-state index is 12.5. The number of aryl methyl sites for hydroxylation is 1. The fraction of sp³-hybridized carbons (Fsp3) is 0.150. The van der Waals surface area contributed by atoms with Crippen LogP contribution in [0.1, 0.15) is 20.8 Å². The smallest absolute Gasteiger partial charge is 0.273 e. The van der Waals surface area contributed by atoms with Gasteiger partial charge in [0.15, 0.2) is 0 Å². The second-order valence-electron chi connectivity index (χ2n) is 6.47. The normalized spacial score (nSPS) is 11.1. The third-order valence-electron chi connectivity index (χ3n) is 4.32. The molecule has 0 spiro atoms. The van der Waals surface area contributed by atoms with Crippen LogP contribution in [-0.2, 0) is 16.4 Å². The highest BCUT2D eigenvalue weighted by Crippen LogP contribution is 2.24. The van der Waals surface area contributed by atoms with E-state index >= 15 is 0 Å². The molecule has 0 aliphatic heterocycles. The van der Waals surface area contributed by atoms with Crippen LogP contribution in [0.25, 0.3) is 0 Å². The van der Waals surface area contributed by atoms with Crippen molar-refractivity contribution in [2.75, 3.05) is 11.3 Å². The van der Waals surface area contributed by atoms with Gasteiger partial charge in [-0.05, 0) is 55.1 Å². The molecular formula is C20H19N3O5S2. The van der Waals surface area contributed by atoms with Crippen LogP contribution in [0.3, 0.4) is 0 Å². The van der Waals surface area contributed by atoms with E-state index in [-0.39, 0.29) is 22.2 Å². The monoisotopic (exact) mass is 445 g/mol. The van der Waals surface area contributed by atoms with Crippen LogP contribution in [0.15, 0.2) is 64.9 Å². The fourth-order valence-electron chi connectivity index (χ4n) is 2.71. The van der Waals surface area contributed by atoms with Gasteiger partial charge in [0.2, 0.25) is 0 Å². The highest BCUT2D eigenvalue weighted by molar-refractivity contribution is 7.92. The summed E-state index contributed by atoms with van der Waals surface area (Å²) < 4.78 is 27.5. The Balaban J connectivity index is 1.65. The van der Waals surface area contributed by atoms with Gasteiger partial charge in [0.25, 0.3) is 21.6 Å². The molecule has 0 radical (unpaired) electrons. The molecule has 8 nitrogen and oxygen atoms in total. The van der Waals surface area contributed by atoms with Crippen molar-refractivity contribution in [2.45, 2.75) is 18.2 Å². The van der Waals surface area contributed by atoms with E-state index in [0.29, 0.717) is 17.7 Å². The van der Waals surface area contributed by atoms with Gasteiger partial charge in [-0.25, -0.2) is 8.42 Å².